The highest BCUT2D eigenvalue weighted by Gasteiger charge is 2.23. The van der Waals surface area contributed by atoms with Crippen molar-refractivity contribution < 1.29 is 9.18 Å². The van der Waals surface area contributed by atoms with Crippen molar-refractivity contribution in [1.82, 2.24) is 15.0 Å². The molecule has 1 amide bonds. The van der Waals surface area contributed by atoms with E-state index in [1.165, 1.54) is 24.5 Å². The molecule has 9 nitrogen and oxygen atoms in total. The molecule has 42 heavy (non-hydrogen) atoms. The highest BCUT2D eigenvalue weighted by Crippen LogP contribution is 2.29. The highest BCUT2D eigenvalue weighted by atomic mass is 19.1. The number of primary amides is 1. The lowest BCUT2D eigenvalue weighted by molar-refractivity contribution is -0.113. The van der Waals surface area contributed by atoms with Crippen LogP contribution in [0.3, 0.4) is 0 Å². The quantitative estimate of drug-likeness (QED) is 0.145. The van der Waals surface area contributed by atoms with E-state index in [4.69, 9.17) is 26.9 Å². The number of aromatic amines is 1. The number of aromatic nitrogens is 3. The Morgan fingerprint density at radius 1 is 1.17 bits per heavy atom. The second-order valence-electron chi connectivity index (χ2n) is 10.8. The number of carbonyl (C=O) groups is 1. The van der Waals surface area contributed by atoms with Crippen LogP contribution in [0.5, 0.6) is 0 Å². The summed E-state index contributed by atoms with van der Waals surface area (Å²) in [6.07, 6.45) is 4.22. The van der Waals surface area contributed by atoms with Gasteiger partial charge in [-0.2, -0.15) is 0 Å². The summed E-state index contributed by atoms with van der Waals surface area (Å²) < 4.78 is 14.6. The molecule has 0 saturated heterocycles. The predicted molar refractivity (Wildman–Crippen MR) is 169 cm³/mol. The Morgan fingerprint density at radius 2 is 1.90 bits per heavy atom. The lowest BCUT2D eigenvalue weighted by Crippen LogP contribution is -2.32. The predicted octanol–water partition coefficient (Wildman–Crippen LogP) is 4.79. The standard InChI is InChI=1S/C32H37FN8O/c1-7-17(3)25-26-20(16-34)22(35)12-13-23(26)39-27(25)28(29(36)42)38-18(4)19-11-14-24(32(5,6)8-2)40-30(19)41-31-21(33)10-9-15-37-31/h9-16,34,39H,7-8,35H2,1-6H3,(H2,36,42)(H,37,40,41)/b25-17+,28-27+,34-16?,38-18?. The van der Waals surface area contributed by atoms with E-state index in [2.05, 4.69) is 36.1 Å². The number of halogens is 1. The van der Waals surface area contributed by atoms with Crippen LogP contribution >= 0.6 is 0 Å². The van der Waals surface area contributed by atoms with E-state index in [9.17, 15) is 9.18 Å². The van der Waals surface area contributed by atoms with Gasteiger partial charge in [0.15, 0.2) is 17.3 Å². The minimum Gasteiger partial charge on any atom is -0.398 e. The van der Waals surface area contributed by atoms with E-state index >= 15 is 0 Å². The van der Waals surface area contributed by atoms with Gasteiger partial charge in [-0.15, -0.1) is 0 Å². The molecule has 0 aliphatic carbocycles. The topological polar surface area (TPSA) is 159 Å². The molecule has 4 rings (SSSR count). The number of nitrogens with zero attached hydrogens (tertiary/aromatic N) is 3. The van der Waals surface area contributed by atoms with Crippen molar-refractivity contribution in [1.29, 1.82) is 5.41 Å². The van der Waals surface area contributed by atoms with Crippen LogP contribution in [0.25, 0.3) is 22.2 Å². The van der Waals surface area contributed by atoms with Crippen molar-refractivity contribution in [2.75, 3.05) is 11.1 Å². The Labute approximate surface area is 244 Å². The van der Waals surface area contributed by atoms with Crippen molar-refractivity contribution in [3.8, 4) is 0 Å². The summed E-state index contributed by atoms with van der Waals surface area (Å²) in [6.45, 7) is 11.9. The average molecular weight is 569 g/mol. The highest BCUT2D eigenvalue weighted by molar-refractivity contribution is 6.17. The molecule has 7 N–H and O–H groups in total. The summed E-state index contributed by atoms with van der Waals surface area (Å²) in [5, 5.41) is 12.9. The first kappa shape index (κ1) is 30.1. The van der Waals surface area contributed by atoms with E-state index in [0.717, 1.165) is 28.3 Å². The van der Waals surface area contributed by atoms with Gasteiger partial charge >= 0.3 is 0 Å². The normalized spacial score (nSPS) is 13.6. The minimum atomic E-state index is -0.739. The molecule has 3 heterocycles. The van der Waals surface area contributed by atoms with Crippen LogP contribution in [0.1, 0.15) is 71.2 Å². The van der Waals surface area contributed by atoms with Crippen LogP contribution in [0.2, 0.25) is 0 Å². The second kappa shape index (κ2) is 11.9. The number of nitrogens with two attached hydrogens (primary N) is 2. The smallest absolute Gasteiger partial charge is 0.269 e. The first-order valence-corrected chi connectivity index (χ1v) is 13.8. The molecule has 0 bridgehead atoms. The van der Waals surface area contributed by atoms with Crippen molar-refractivity contribution in [2.45, 2.75) is 59.8 Å². The van der Waals surface area contributed by atoms with E-state index in [-0.39, 0.29) is 16.9 Å². The van der Waals surface area contributed by atoms with Gasteiger partial charge < -0.3 is 27.2 Å². The second-order valence-corrected chi connectivity index (χ2v) is 10.8. The van der Waals surface area contributed by atoms with E-state index in [1.807, 2.05) is 32.0 Å². The fourth-order valence-corrected chi connectivity index (χ4v) is 4.72. The number of amides is 1. The number of nitrogens with one attached hydrogen (secondary N) is 3. The third-order valence-corrected chi connectivity index (χ3v) is 7.75. The number of pyridine rings is 2. The Bertz CT molecular complexity index is 1850. The molecule has 1 aromatic carbocycles. The lowest BCUT2D eigenvalue weighted by atomic mass is 9.85. The molecule has 0 atom stereocenters. The number of nitrogen functional groups attached to an aromatic ring is 1. The number of hydrogen-bond donors (Lipinski definition) is 5. The first-order chi connectivity index (χ1) is 19.9. The Balaban J connectivity index is 2.05. The number of anilines is 3. The van der Waals surface area contributed by atoms with Crippen LogP contribution in [-0.4, -0.2) is 32.8 Å². The number of hydrogen-bond acceptors (Lipinski definition) is 7. The van der Waals surface area contributed by atoms with Crippen LogP contribution in [-0.2, 0) is 10.2 Å². The molecule has 0 aliphatic rings. The summed E-state index contributed by atoms with van der Waals surface area (Å²) in [6, 6.07) is 10.1. The third kappa shape index (κ3) is 5.65. The van der Waals surface area contributed by atoms with Gasteiger partial charge in [0.25, 0.3) is 5.91 Å². The van der Waals surface area contributed by atoms with Crippen LogP contribution in [0, 0.1) is 11.2 Å². The molecule has 10 heteroatoms. The molecule has 0 unspecified atom stereocenters. The summed E-state index contributed by atoms with van der Waals surface area (Å²) in [5.74, 6) is -0.896. The van der Waals surface area contributed by atoms with Crippen molar-refractivity contribution in [3.05, 3.63) is 75.8 Å². The maximum absolute atomic E-state index is 14.6. The molecule has 218 valence electrons. The van der Waals surface area contributed by atoms with Crippen LogP contribution in [0.4, 0.5) is 21.7 Å². The Morgan fingerprint density at radius 3 is 2.52 bits per heavy atom. The minimum absolute atomic E-state index is 0.00827. The zero-order valence-electron chi connectivity index (χ0n) is 24.8. The number of aliphatic imine (C=N–C) groups is 1. The van der Waals surface area contributed by atoms with Gasteiger partial charge in [-0.25, -0.2) is 19.4 Å². The van der Waals surface area contributed by atoms with Crippen LogP contribution < -0.4 is 27.4 Å². The molecular formula is C32H37FN8O. The number of carbonyl (C=O) groups excluding carboxylic acids is 1. The molecule has 0 radical (unpaired) electrons. The number of H-pyrrole nitrogens is 1. The van der Waals surface area contributed by atoms with Crippen LogP contribution in [0.15, 0.2) is 47.6 Å². The van der Waals surface area contributed by atoms with Gasteiger partial charge in [0.2, 0.25) is 0 Å². The van der Waals surface area contributed by atoms with E-state index in [0.29, 0.717) is 45.6 Å². The molecule has 0 spiro atoms. The van der Waals surface area contributed by atoms with Crippen molar-refractivity contribution in [3.63, 3.8) is 0 Å². The Hall–Kier alpha value is -4.86. The zero-order valence-corrected chi connectivity index (χ0v) is 24.8. The maximum Gasteiger partial charge on any atom is 0.269 e. The van der Waals surface area contributed by atoms with Gasteiger partial charge in [-0.05, 0) is 63.1 Å². The van der Waals surface area contributed by atoms with Crippen molar-refractivity contribution in [2.24, 2.45) is 10.7 Å². The van der Waals surface area contributed by atoms with Gasteiger partial charge in [0.1, 0.15) is 5.82 Å². The maximum atomic E-state index is 14.6. The summed E-state index contributed by atoms with van der Waals surface area (Å²) in [4.78, 5) is 30.0. The fraction of sp³-hybridized carbons (Fsp3) is 0.281. The fourth-order valence-electron chi connectivity index (χ4n) is 4.72. The third-order valence-electron chi connectivity index (χ3n) is 7.75. The van der Waals surface area contributed by atoms with Gasteiger partial charge in [0.05, 0.1) is 5.35 Å². The average Bonchev–Trinajstić information content (AvgIpc) is 3.35. The number of benzene rings is 1. The molecule has 4 aromatic rings. The number of fused-ring (bicyclic) bond motifs is 1. The largest absolute Gasteiger partial charge is 0.398 e. The van der Waals surface area contributed by atoms with Crippen molar-refractivity contribution >= 4 is 57.3 Å². The summed E-state index contributed by atoms with van der Waals surface area (Å²) in [7, 11) is 0. The zero-order chi connectivity index (χ0) is 30.8. The van der Waals surface area contributed by atoms with E-state index < -0.39 is 11.7 Å². The molecule has 3 aromatic heterocycles. The number of rotatable bonds is 9. The Kier molecular flexibility index (Phi) is 8.56. The monoisotopic (exact) mass is 568 g/mol. The van der Waals surface area contributed by atoms with Gasteiger partial charge in [-0.1, -0.05) is 33.3 Å². The summed E-state index contributed by atoms with van der Waals surface area (Å²) in [5.41, 5.74) is 16.4. The van der Waals surface area contributed by atoms with Gasteiger partial charge in [0, 0.05) is 62.2 Å². The SMILES string of the molecule is CC/C(C)=c1/c(=C(\N=C(C)c2ccc(C(C)(C)CC)nc2Nc2ncccc2F)C(N)=O)[nH]c2ccc(N)c(C=N)c12. The molecule has 0 aliphatic heterocycles. The van der Waals surface area contributed by atoms with Gasteiger partial charge in [-0.3, -0.25) is 4.79 Å². The first-order valence-electron chi connectivity index (χ1n) is 13.8. The lowest BCUT2D eigenvalue weighted by Gasteiger charge is -2.23. The van der Waals surface area contributed by atoms with E-state index in [1.54, 1.807) is 13.0 Å². The molecular weight excluding hydrogens is 531 g/mol. The molecule has 0 fully saturated rings. The summed E-state index contributed by atoms with van der Waals surface area (Å²) >= 11 is 0. The molecule has 0 saturated carbocycles.